The Morgan fingerprint density at radius 1 is 1.27 bits per heavy atom. The van der Waals surface area contributed by atoms with E-state index in [1.165, 1.54) is 18.2 Å². The van der Waals surface area contributed by atoms with Crippen LogP contribution >= 0.6 is 11.6 Å². The third kappa shape index (κ3) is 4.10. The van der Waals surface area contributed by atoms with Gasteiger partial charge in [0, 0.05) is 5.69 Å². The van der Waals surface area contributed by atoms with Crippen LogP contribution in [0, 0.1) is 17.1 Å². The van der Waals surface area contributed by atoms with Crippen molar-refractivity contribution in [2.75, 3.05) is 18.5 Å². The van der Waals surface area contributed by atoms with E-state index in [0.717, 1.165) is 5.56 Å². The number of benzene rings is 2. The molecule has 114 valence electrons. The number of aliphatic hydroxyl groups is 1. The van der Waals surface area contributed by atoms with Crippen LogP contribution in [0.1, 0.15) is 11.6 Å². The second-order valence-electron chi connectivity index (χ2n) is 4.48. The van der Waals surface area contributed by atoms with Gasteiger partial charge in [-0.25, -0.2) is 4.39 Å². The molecule has 0 bridgehead atoms. The molecule has 4 nitrogen and oxygen atoms in total. The van der Waals surface area contributed by atoms with Crippen molar-refractivity contribution in [2.24, 2.45) is 0 Å². The summed E-state index contributed by atoms with van der Waals surface area (Å²) in [6, 6.07) is 12.7. The SMILES string of the molecule is N#CC(Nc1ccc(F)c(Cl)c1)c1ccc(OCCO)cc1. The second-order valence-corrected chi connectivity index (χ2v) is 4.88. The third-order valence-electron chi connectivity index (χ3n) is 2.93. The molecule has 22 heavy (non-hydrogen) atoms. The number of halogens is 2. The van der Waals surface area contributed by atoms with Gasteiger partial charge in [-0.1, -0.05) is 23.7 Å². The van der Waals surface area contributed by atoms with E-state index in [2.05, 4.69) is 11.4 Å². The molecule has 2 aromatic carbocycles. The Kier molecular flexibility index (Phi) is 5.59. The van der Waals surface area contributed by atoms with E-state index in [1.54, 1.807) is 24.3 Å². The topological polar surface area (TPSA) is 65.3 Å². The number of anilines is 1. The van der Waals surface area contributed by atoms with Crippen molar-refractivity contribution < 1.29 is 14.2 Å². The van der Waals surface area contributed by atoms with Crippen LogP contribution in [0.4, 0.5) is 10.1 Å². The highest BCUT2D eigenvalue weighted by molar-refractivity contribution is 6.31. The summed E-state index contributed by atoms with van der Waals surface area (Å²) in [6.45, 7) is 0.156. The molecule has 0 amide bonds. The zero-order chi connectivity index (χ0) is 15.9. The summed E-state index contributed by atoms with van der Waals surface area (Å²) < 4.78 is 18.4. The van der Waals surface area contributed by atoms with Gasteiger partial charge in [0.25, 0.3) is 0 Å². The molecule has 0 spiro atoms. The van der Waals surface area contributed by atoms with Gasteiger partial charge in [0.1, 0.15) is 24.2 Å². The lowest BCUT2D eigenvalue weighted by molar-refractivity contribution is 0.201. The number of nitriles is 1. The zero-order valence-electron chi connectivity index (χ0n) is 11.6. The molecule has 0 fully saturated rings. The Balaban J connectivity index is 2.11. The van der Waals surface area contributed by atoms with Gasteiger partial charge in [0.15, 0.2) is 0 Å². The number of hydrogen-bond acceptors (Lipinski definition) is 4. The van der Waals surface area contributed by atoms with E-state index < -0.39 is 11.9 Å². The first-order chi connectivity index (χ1) is 10.6. The van der Waals surface area contributed by atoms with Crippen molar-refractivity contribution in [1.29, 1.82) is 5.26 Å². The Bertz CT molecular complexity index is 671. The predicted octanol–water partition coefficient (Wildman–Crippen LogP) is 3.53. The average Bonchev–Trinajstić information content (AvgIpc) is 2.54. The minimum atomic E-state index is -0.603. The molecule has 0 aromatic heterocycles. The van der Waals surface area contributed by atoms with Gasteiger partial charge in [-0.2, -0.15) is 5.26 Å². The van der Waals surface area contributed by atoms with Crippen molar-refractivity contribution in [1.82, 2.24) is 0 Å². The van der Waals surface area contributed by atoms with Gasteiger partial charge >= 0.3 is 0 Å². The average molecular weight is 321 g/mol. The van der Waals surface area contributed by atoms with Crippen molar-refractivity contribution in [2.45, 2.75) is 6.04 Å². The number of ether oxygens (including phenoxy) is 1. The Morgan fingerprint density at radius 3 is 2.59 bits per heavy atom. The fourth-order valence-corrected chi connectivity index (χ4v) is 2.04. The summed E-state index contributed by atoms with van der Waals surface area (Å²) in [5.41, 5.74) is 1.29. The number of nitrogens with one attached hydrogen (secondary N) is 1. The highest BCUT2D eigenvalue weighted by Gasteiger charge is 2.11. The van der Waals surface area contributed by atoms with Gasteiger partial charge in [-0.15, -0.1) is 0 Å². The van der Waals surface area contributed by atoms with Crippen LogP contribution in [0.3, 0.4) is 0 Å². The lowest BCUT2D eigenvalue weighted by Gasteiger charge is -2.14. The molecular formula is C16H14ClFN2O2. The maximum atomic E-state index is 13.1. The first kappa shape index (κ1) is 16.1. The number of aliphatic hydroxyl groups excluding tert-OH is 1. The molecule has 0 radical (unpaired) electrons. The molecule has 1 atom stereocenters. The van der Waals surface area contributed by atoms with Crippen molar-refractivity contribution in [3.63, 3.8) is 0 Å². The summed E-state index contributed by atoms with van der Waals surface area (Å²) in [6.07, 6.45) is 0. The maximum absolute atomic E-state index is 13.1. The maximum Gasteiger partial charge on any atom is 0.141 e. The molecule has 2 rings (SSSR count). The van der Waals surface area contributed by atoms with E-state index in [4.69, 9.17) is 21.4 Å². The monoisotopic (exact) mass is 320 g/mol. The summed E-state index contributed by atoms with van der Waals surface area (Å²) in [7, 11) is 0. The summed E-state index contributed by atoms with van der Waals surface area (Å²) in [5, 5.41) is 21.0. The molecule has 0 aliphatic carbocycles. The van der Waals surface area contributed by atoms with Crippen LogP contribution in [-0.2, 0) is 0 Å². The number of rotatable bonds is 6. The molecule has 0 heterocycles. The van der Waals surface area contributed by atoms with Crippen LogP contribution < -0.4 is 10.1 Å². The molecule has 0 aliphatic heterocycles. The highest BCUT2D eigenvalue weighted by Crippen LogP contribution is 2.24. The van der Waals surface area contributed by atoms with Gasteiger partial charge < -0.3 is 15.2 Å². The highest BCUT2D eigenvalue weighted by atomic mass is 35.5. The predicted molar refractivity (Wildman–Crippen MR) is 82.4 cm³/mol. The molecule has 0 saturated carbocycles. The second kappa shape index (κ2) is 7.64. The zero-order valence-corrected chi connectivity index (χ0v) is 12.3. The fraction of sp³-hybridized carbons (Fsp3) is 0.188. The lowest BCUT2D eigenvalue weighted by atomic mass is 10.1. The van der Waals surface area contributed by atoms with Crippen LogP contribution in [0.5, 0.6) is 5.75 Å². The number of nitrogens with zero attached hydrogens (tertiary/aromatic N) is 1. The van der Waals surface area contributed by atoms with Crippen LogP contribution in [0.25, 0.3) is 0 Å². The normalized spacial score (nSPS) is 11.5. The summed E-state index contributed by atoms with van der Waals surface area (Å²) >= 11 is 5.72. The van der Waals surface area contributed by atoms with Crippen LogP contribution in [0.2, 0.25) is 5.02 Å². The van der Waals surface area contributed by atoms with E-state index in [1.807, 2.05) is 0 Å². The van der Waals surface area contributed by atoms with Gasteiger partial charge in [-0.3, -0.25) is 0 Å². The molecule has 0 saturated heterocycles. The molecule has 6 heteroatoms. The van der Waals surface area contributed by atoms with Gasteiger partial charge in [0.2, 0.25) is 0 Å². The van der Waals surface area contributed by atoms with E-state index in [0.29, 0.717) is 11.4 Å². The van der Waals surface area contributed by atoms with Gasteiger partial charge in [0.05, 0.1) is 17.7 Å². The Labute approximate surface area is 132 Å². The molecule has 2 aromatic rings. The Hall–Kier alpha value is -2.29. The van der Waals surface area contributed by atoms with Crippen molar-refractivity contribution >= 4 is 17.3 Å². The smallest absolute Gasteiger partial charge is 0.141 e. The van der Waals surface area contributed by atoms with E-state index >= 15 is 0 Å². The van der Waals surface area contributed by atoms with E-state index in [9.17, 15) is 9.65 Å². The van der Waals surface area contributed by atoms with Crippen LogP contribution in [-0.4, -0.2) is 18.3 Å². The van der Waals surface area contributed by atoms with Crippen molar-refractivity contribution in [3.05, 3.63) is 58.9 Å². The minimum absolute atomic E-state index is 0.00515. The molecule has 2 N–H and O–H groups in total. The van der Waals surface area contributed by atoms with Crippen LogP contribution in [0.15, 0.2) is 42.5 Å². The largest absolute Gasteiger partial charge is 0.491 e. The first-order valence-corrected chi connectivity index (χ1v) is 6.96. The molecular weight excluding hydrogens is 307 g/mol. The standard InChI is InChI=1S/C16H14ClFN2O2/c17-14-9-12(3-6-15(14)18)20-16(10-19)11-1-4-13(5-2-11)22-8-7-21/h1-6,9,16,20-21H,7-8H2. The minimum Gasteiger partial charge on any atom is -0.491 e. The third-order valence-corrected chi connectivity index (χ3v) is 3.22. The first-order valence-electron chi connectivity index (χ1n) is 6.59. The Morgan fingerprint density at radius 2 is 2.00 bits per heavy atom. The summed E-state index contributed by atoms with van der Waals surface area (Å²) in [4.78, 5) is 0. The lowest BCUT2D eigenvalue weighted by Crippen LogP contribution is -2.08. The molecule has 1 unspecified atom stereocenters. The molecule has 0 aliphatic rings. The fourth-order valence-electron chi connectivity index (χ4n) is 1.86. The number of hydrogen-bond donors (Lipinski definition) is 2. The summed E-state index contributed by atoms with van der Waals surface area (Å²) in [5.74, 6) is 0.102. The van der Waals surface area contributed by atoms with Crippen molar-refractivity contribution in [3.8, 4) is 11.8 Å². The van der Waals surface area contributed by atoms with Gasteiger partial charge in [-0.05, 0) is 35.9 Å². The van der Waals surface area contributed by atoms with E-state index in [-0.39, 0.29) is 18.2 Å². The quantitative estimate of drug-likeness (QED) is 0.854.